The lowest BCUT2D eigenvalue weighted by molar-refractivity contribution is 0.104. The average Bonchev–Trinajstić information content (AvgIpc) is 2.98. The Morgan fingerprint density at radius 1 is 1.19 bits per heavy atom. The van der Waals surface area contributed by atoms with Crippen LogP contribution in [0.1, 0.15) is 15.9 Å². The van der Waals surface area contributed by atoms with Gasteiger partial charge in [-0.15, -0.1) is 0 Å². The Hall–Kier alpha value is -1.87. The van der Waals surface area contributed by atoms with Crippen molar-refractivity contribution in [1.29, 1.82) is 0 Å². The van der Waals surface area contributed by atoms with Gasteiger partial charge < -0.3 is 4.42 Å². The molecule has 0 amide bonds. The molecule has 0 radical (unpaired) electrons. The second-order valence-corrected chi connectivity index (χ2v) is 4.27. The summed E-state index contributed by atoms with van der Waals surface area (Å²) >= 11 is 1.52. The molecule has 0 saturated heterocycles. The summed E-state index contributed by atoms with van der Waals surface area (Å²) in [5.41, 5.74) is 2.10. The molecule has 2 nitrogen and oxygen atoms in total. The lowest BCUT2D eigenvalue weighted by Gasteiger charge is -1.94. The number of carbonyl (C=O) groups excluding carboxylic acids is 1. The van der Waals surface area contributed by atoms with Crippen LogP contribution in [0.2, 0.25) is 0 Å². The molecule has 2 heterocycles. The van der Waals surface area contributed by atoms with E-state index in [-0.39, 0.29) is 5.78 Å². The highest BCUT2D eigenvalue weighted by Gasteiger charge is 2.15. The third-order valence-electron chi connectivity index (χ3n) is 2.51. The zero-order valence-corrected chi connectivity index (χ0v) is 9.16. The van der Waals surface area contributed by atoms with E-state index in [9.17, 15) is 4.79 Å². The second kappa shape index (κ2) is 3.61. The number of thiophene rings is 1. The Labute approximate surface area is 96.1 Å². The predicted octanol–water partition coefficient (Wildman–Crippen LogP) is 3.73. The van der Waals surface area contributed by atoms with Crippen LogP contribution in [0.4, 0.5) is 0 Å². The van der Waals surface area contributed by atoms with Crippen molar-refractivity contribution in [1.82, 2.24) is 0 Å². The minimum absolute atomic E-state index is 0.0196. The van der Waals surface area contributed by atoms with Crippen molar-refractivity contribution in [3.8, 4) is 0 Å². The van der Waals surface area contributed by atoms with E-state index < -0.39 is 0 Å². The summed E-state index contributed by atoms with van der Waals surface area (Å²) < 4.78 is 5.35. The summed E-state index contributed by atoms with van der Waals surface area (Å²) in [6.07, 6.45) is 1.53. The van der Waals surface area contributed by atoms with Crippen molar-refractivity contribution < 1.29 is 9.21 Å². The quantitative estimate of drug-likeness (QED) is 0.626. The van der Waals surface area contributed by atoms with Crippen molar-refractivity contribution in [2.75, 3.05) is 0 Å². The first-order valence-corrected chi connectivity index (χ1v) is 5.83. The van der Waals surface area contributed by atoms with Crippen molar-refractivity contribution in [2.45, 2.75) is 0 Å². The summed E-state index contributed by atoms with van der Waals surface area (Å²) in [5, 5.41) is 4.62. The van der Waals surface area contributed by atoms with Gasteiger partial charge in [-0.1, -0.05) is 18.2 Å². The minimum Gasteiger partial charge on any atom is -0.464 e. The van der Waals surface area contributed by atoms with Crippen LogP contribution in [0.5, 0.6) is 0 Å². The average molecular weight is 228 g/mol. The van der Waals surface area contributed by atoms with Crippen LogP contribution in [0.25, 0.3) is 11.0 Å². The fraction of sp³-hybridized carbons (Fsp3) is 0. The molecule has 0 N–H and O–H groups in total. The first-order chi connectivity index (χ1) is 7.86. The van der Waals surface area contributed by atoms with Crippen molar-refractivity contribution >= 4 is 28.1 Å². The van der Waals surface area contributed by atoms with E-state index >= 15 is 0 Å². The molecule has 78 valence electrons. The lowest BCUT2D eigenvalue weighted by Crippen LogP contribution is -1.97. The molecule has 1 aromatic carbocycles. The fourth-order valence-electron chi connectivity index (χ4n) is 1.70. The Bertz CT molecular complexity index is 635. The molecule has 0 unspecified atom stereocenters. The summed E-state index contributed by atoms with van der Waals surface area (Å²) in [4.78, 5) is 12.1. The first-order valence-electron chi connectivity index (χ1n) is 4.89. The Kier molecular flexibility index (Phi) is 2.11. The molecular formula is C13H8O2S. The molecule has 2 aromatic heterocycles. The second-order valence-electron chi connectivity index (χ2n) is 3.49. The highest BCUT2D eigenvalue weighted by Crippen LogP contribution is 2.23. The molecule has 0 saturated carbocycles. The normalized spacial score (nSPS) is 10.8. The Morgan fingerprint density at radius 3 is 2.88 bits per heavy atom. The summed E-state index contributed by atoms with van der Waals surface area (Å²) in [5.74, 6) is 0.0196. The molecular weight excluding hydrogens is 220 g/mol. The van der Waals surface area contributed by atoms with E-state index in [1.807, 2.05) is 41.1 Å². The molecule has 0 bridgehead atoms. The molecule has 16 heavy (non-hydrogen) atoms. The number of para-hydroxylation sites is 1. The standard InChI is InChI=1S/C13H8O2S/c14-13(9-5-6-16-8-9)11-7-15-12-4-2-1-3-10(11)12/h1-8H. The van der Waals surface area contributed by atoms with Crippen LogP contribution >= 0.6 is 11.3 Å². The number of carbonyl (C=O) groups is 1. The molecule has 0 atom stereocenters. The molecule has 3 rings (SSSR count). The maximum absolute atomic E-state index is 12.1. The van der Waals surface area contributed by atoms with Gasteiger partial charge in [0.2, 0.25) is 0 Å². The van der Waals surface area contributed by atoms with Gasteiger partial charge in [0.15, 0.2) is 5.78 Å². The smallest absolute Gasteiger partial charge is 0.197 e. The summed E-state index contributed by atoms with van der Waals surface area (Å²) in [7, 11) is 0. The van der Waals surface area contributed by atoms with Crippen molar-refractivity contribution in [3.63, 3.8) is 0 Å². The molecule has 0 fully saturated rings. The maximum atomic E-state index is 12.1. The van der Waals surface area contributed by atoms with Crippen LogP contribution in [-0.4, -0.2) is 5.78 Å². The number of hydrogen-bond donors (Lipinski definition) is 0. The zero-order valence-electron chi connectivity index (χ0n) is 8.34. The van der Waals surface area contributed by atoms with Gasteiger partial charge >= 0.3 is 0 Å². The predicted molar refractivity (Wildman–Crippen MR) is 64.0 cm³/mol. The minimum atomic E-state index is 0.0196. The first kappa shape index (κ1) is 9.36. The van der Waals surface area contributed by atoms with Gasteiger partial charge in [-0.05, 0) is 17.5 Å². The number of benzene rings is 1. The third kappa shape index (κ3) is 1.37. The van der Waals surface area contributed by atoms with Crippen molar-refractivity contribution in [3.05, 3.63) is 58.5 Å². The van der Waals surface area contributed by atoms with Crippen LogP contribution in [0, 0.1) is 0 Å². The largest absolute Gasteiger partial charge is 0.464 e. The van der Waals surface area contributed by atoms with Gasteiger partial charge in [0.1, 0.15) is 11.8 Å². The third-order valence-corrected chi connectivity index (χ3v) is 3.19. The van der Waals surface area contributed by atoms with Crippen LogP contribution in [-0.2, 0) is 0 Å². The number of furan rings is 1. The summed E-state index contributed by atoms with van der Waals surface area (Å²) in [6.45, 7) is 0. The van der Waals surface area contributed by atoms with Crippen LogP contribution in [0.3, 0.4) is 0 Å². The number of rotatable bonds is 2. The number of ketones is 1. The van der Waals surface area contributed by atoms with Crippen LogP contribution < -0.4 is 0 Å². The van der Waals surface area contributed by atoms with Crippen LogP contribution in [0.15, 0.2) is 51.8 Å². The lowest BCUT2D eigenvalue weighted by atomic mass is 10.1. The summed E-state index contributed by atoms with van der Waals surface area (Å²) in [6, 6.07) is 9.39. The van der Waals surface area contributed by atoms with Gasteiger partial charge in [-0.2, -0.15) is 11.3 Å². The van der Waals surface area contributed by atoms with E-state index in [0.29, 0.717) is 5.56 Å². The van der Waals surface area contributed by atoms with Gasteiger partial charge in [0.05, 0.1) is 5.56 Å². The van der Waals surface area contributed by atoms with E-state index in [1.165, 1.54) is 17.6 Å². The van der Waals surface area contributed by atoms with Gasteiger partial charge in [-0.3, -0.25) is 4.79 Å². The van der Waals surface area contributed by atoms with E-state index in [4.69, 9.17) is 4.42 Å². The SMILES string of the molecule is O=C(c1ccsc1)c1coc2ccccc12. The van der Waals surface area contributed by atoms with Gasteiger partial charge in [0.25, 0.3) is 0 Å². The molecule has 0 aliphatic heterocycles. The molecule has 3 heteroatoms. The number of fused-ring (bicyclic) bond motifs is 1. The zero-order chi connectivity index (χ0) is 11.0. The Balaban J connectivity index is 2.16. The Morgan fingerprint density at radius 2 is 2.06 bits per heavy atom. The topological polar surface area (TPSA) is 30.2 Å². The van der Waals surface area contributed by atoms with E-state index in [0.717, 1.165) is 16.5 Å². The van der Waals surface area contributed by atoms with E-state index in [2.05, 4.69) is 0 Å². The fourth-order valence-corrected chi connectivity index (χ4v) is 2.34. The van der Waals surface area contributed by atoms with Gasteiger partial charge in [0, 0.05) is 16.3 Å². The monoisotopic (exact) mass is 228 g/mol. The van der Waals surface area contributed by atoms with E-state index in [1.54, 1.807) is 0 Å². The highest BCUT2D eigenvalue weighted by atomic mass is 32.1. The molecule has 3 aromatic rings. The maximum Gasteiger partial charge on any atom is 0.197 e. The number of hydrogen-bond acceptors (Lipinski definition) is 3. The van der Waals surface area contributed by atoms with Gasteiger partial charge in [-0.25, -0.2) is 0 Å². The highest BCUT2D eigenvalue weighted by molar-refractivity contribution is 7.08. The molecule has 0 aliphatic carbocycles. The molecule has 0 aliphatic rings. The molecule has 0 spiro atoms. The van der Waals surface area contributed by atoms with Crippen molar-refractivity contribution in [2.24, 2.45) is 0 Å².